The van der Waals surface area contributed by atoms with Crippen molar-refractivity contribution in [2.24, 2.45) is 0 Å². The second-order valence-electron chi connectivity index (χ2n) is 4.66. The minimum Gasteiger partial charge on any atom is -0.395 e. The fourth-order valence-corrected chi connectivity index (χ4v) is 2.43. The van der Waals surface area contributed by atoms with Gasteiger partial charge in [0.1, 0.15) is 0 Å². The summed E-state index contributed by atoms with van der Waals surface area (Å²) in [4.78, 5) is 2.40. The standard InChI is InChI=1S/C13H26N2O/c1-3-14-10-12(2)11-15(8-9-16)13-6-4-5-7-13/h13-14,16H,2-11H2,1H3. The van der Waals surface area contributed by atoms with Gasteiger partial charge in [-0.15, -0.1) is 0 Å². The maximum absolute atomic E-state index is 9.10. The minimum atomic E-state index is 0.255. The number of nitrogens with zero attached hydrogens (tertiary/aromatic N) is 1. The molecule has 94 valence electrons. The van der Waals surface area contributed by atoms with E-state index in [1.807, 2.05) is 0 Å². The Morgan fingerprint density at radius 1 is 1.44 bits per heavy atom. The maximum atomic E-state index is 9.10. The third-order valence-corrected chi connectivity index (χ3v) is 3.28. The molecule has 0 spiro atoms. The monoisotopic (exact) mass is 226 g/mol. The van der Waals surface area contributed by atoms with Crippen LogP contribution in [0.3, 0.4) is 0 Å². The highest BCUT2D eigenvalue weighted by molar-refractivity contribution is 5.01. The van der Waals surface area contributed by atoms with Gasteiger partial charge in [0.05, 0.1) is 6.61 Å². The summed E-state index contributed by atoms with van der Waals surface area (Å²) in [5.74, 6) is 0. The summed E-state index contributed by atoms with van der Waals surface area (Å²) in [5.41, 5.74) is 1.22. The van der Waals surface area contributed by atoms with Crippen LogP contribution in [-0.2, 0) is 0 Å². The largest absolute Gasteiger partial charge is 0.395 e. The predicted octanol–water partition coefficient (Wildman–Crippen LogP) is 1.39. The first kappa shape index (κ1) is 13.7. The summed E-state index contributed by atoms with van der Waals surface area (Å²) in [7, 11) is 0. The number of rotatable bonds is 8. The lowest BCUT2D eigenvalue weighted by atomic mass is 10.1. The van der Waals surface area contributed by atoms with Crippen LogP contribution in [0.1, 0.15) is 32.6 Å². The maximum Gasteiger partial charge on any atom is 0.0558 e. The Balaban J connectivity index is 2.34. The van der Waals surface area contributed by atoms with Crippen molar-refractivity contribution in [3.05, 3.63) is 12.2 Å². The number of likely N-dealkylation sites (N-methyl/N-ethyl adjacent to an activating group) is 1. The summed E-state index contributed by atoms with van der Waals surface area (Å²) in [5, 5.41) is 12.4. The summed E-state index contributed by atoms with van der Waals surface area (Å²) < 4.78 is 0. The first-order chi connectivity index (χ1) is 7.77. The van der Waals surface area contributed by atoms with Crippen LogP contribution in [0.4, 0.5) is 0 Å². The van der Waals surface area contributed by atoms with Crippen LogP contribution >= 0.6 is 0 Å². The zero-order valence-corrected chi connectivity index (χ0v) is 10.5. The molecule has 0 aromatic rings. The van der Waals surface area contributed by atoms with Gasteiger partial charge < -0.3 is 10.4 Å². The molecule has 1 fully saturated rings. The molecule has 0 saturated heterocycles. The molecule has 3 heteroatoms. The van der Waals surface area contributed by atoms with E-state index in [0.717, 1.165) is 26.2 Å². The van der Waals surface area contributed by atoms with Crippen molar-refractivity contribution in [1.82, 2.24) is 10.2 Å². The lowest BCUT2D eigenvalue weighted by molar-refractivity contribution is 0.162. The van der Waals surface area contributed by atoms with E-state index < -0.39 is 0 Å². The predicted molar refractivity (Wildman–Crippen MR) is 68.6 cm³/mol. The molecule has 1 aliphatic carbocycles. The quantitative estimate of drug-likeness (QED) is 0.614. The first-order valence-corrected chi connectivity index (χ1v) is 6.50. The molecule has 0 amide bonds. The molecule has 0 atom stereocenters. The number of nitrogens with one attached hydrogen (secondary N) is 1. The van der Waals surface area contributed by atoms with Gasteiger partial charge in [0.25, 0.3) is 0 Å². The van der Waals surface area contributed by atoms with Crippen molar-refractivity contribution in [2.45, 2.75) is 38.6 Å². The third-order valence-electron chi connectivity index (χ3n) is 3.28. The van der Waals surface area contributed by atoms with Crippen LogP contribution in [0.25, 0.3) is 0 Å². The zero-order chi connectivity index (χ0) is 11.8. The minimum absolute atomic E-state index is 0.255. The Morgan fingerprint density at radius 2 is 2.12 bits per heavy atom. The average molecular weight is 226 g/mol. The molecule has 1 rings (SSSR count). The highest BCUT2D eigenvalue weighted by Gasteiger charge is 2.22. The molecule has 0 bridgehead atoms. The van der Waals surface area contributed by atoms with Gasteiger partial charge in [-0.2, -0.15) is 0 Å². The van der Waals surface area contributed by atoms with E-state index >= 15 is 0 Å². The fraction of sp³-hybridized carbons (Fsp3) is 0.846. The van der Waals surface area contributed by atoms with Crippen LogP contribution < -0.4 is 5.32 Å². The normalized spacial score (nSPS) is 17.2. The lowest BCUT2D eigenvalue weighted by Gasteiger charge is -2.28. The molecule has 0 heterocycles. The molecule has 1 saturated carbocycles. The molecular formula is C13H26N2O. The molecule has 0 aromatic heterocycles. The highest BCUT2D eigenvalue weighted by atomic mass is 16.3. The van der Waals surface area contributed by atoms with Gasteiger partial charge in [-0.3, -0.25) is 4.90 Å². The van der Waals surface area contributed by atoms with Crippen molar-refractivity contribution in [1.29, 1.82) is 0 Å². The Kier molecular flexibility index (Phi) is 6.69. The zero-order valence-electron chi connectivity index (χ0n) is 10.5. The van der Waals surface area contributed by atoms with Crippen molar-refractivity contribution in [3.63, 3.8) is 0 Å². The molecule has 0 unspecified atom stereocenters. The number of hydrogen-bond donors (Lipinski definition) is 2. The van der Waals surface area contributed by atoms with E-state index in [1.54, 1.807) is 0 Å². The third kappa shape index (κ3) is 4.64. The Morgan fingerprint density at radius 3 is 2.69 bits per heavy atom. The van der Waals surface area contributed by atoms with E-state index in [-0.39, 0.29) is 6.61 Å². The number of aliphatic hydroxyl groups excluding tert-OH is 1. The second kappa shape index (κ2) is 7.82. The SMILES string of the molecule is C=C(CNCC)CN(CCO)C1CCCC1. The van der Waals surface area contributed by atoms with Crippen molar-refractivity contribution in [3.8, 4) is 0 Å². The van der Waals surface area contributed by atoms with Crippen LogP contribution in [0.5, 0.6) is 0 Å². The van der Waals surface area contributed by atoms with E-state index in [1.165, 1.54) is 31.3 Å². The van der Waals surface area contributed by atoms with Crippen molar-refractivity contribution >= 4 is 0 Å². The summed E-state index contributed by atoms with van der Waals surface area (Å²) in [6.45, 7) is 10.1. The van der Waals surface area contributed by atoms with E-state index in [0.29, 0.717) is 6.04 Å². The van der Waals surface area contributed by atoms with Crippen LogP contribution in [0, 0.1) is 0 Å². The van der Waals surface area contributed by atoms with Crippen LogP contribution in [0.2, 0.25) is 0 Å². The van der Waals surface area contributed by atoms with Gasteiger partial charge in [0, 0.05) is 25.7 Å². The van der Waals surface area contributed by atoms with Crippen molar-refractivity contribution in [2.75, 3.05) is 32.8 Å². The van der Waals surface area contributed by atoms with Gasteiger partial charge in [-0.25, -0.2) is 0 Å². The average Bonchev–Trinajstić information content (AvgIpc) is 2.79. The van der Waals surface area contributed by atoms with Gasteiger partial charge >= 0.3 is 0 Å². The molecule has 1 aliphatic rings. The summed E-state index contributed by atoms with van der Waals surface area (Å²) >= 11 is 0. The van der Waals surface area contributed by atoms with Crippen LogP contribution in [-0.4, -0.2) is 48.8 Å². The van der Waals surface area contributed by atoms with E-state index in [4.69, 9.17) is 5.11 Å². The molecule has 16 heavy (non-hydrogen) atoms. The lowest BCUT2D eigenvalue weighted by Crippen LogP contribution is -2.38. The van der Waals surface area contributed by atoms with Gasteiger partial charge in [0.15, 0.2) is 0 Å². The second-order valence-corrected chi connectivity index (χ2v) is 4.66. The van der Waals surface area contributed by atoms with Crippen molar-refractivity contribution < 1.29 is 5.11 Å². The van der Waals surface area contributed by atoms with Gasteiger partial charge in [0.2, 0.25) is 0 Å². The van der Waals surface area contributed by atoms with Crippen LogP contribution in [0.15, 0.2) is 12.2 Å². The first-order valence-electron chi connectivity index (χ1n) is 6.50. The molecule has 2 N–H and O–H groups in total. The molecule has 3 nitrogen and oxygen atoms in total. The summed E-state index contributed by atoms with van der Waals surface area (Å²) in [6.07, 6.45) is 5.25. The summed E-state index contributed by atoms with van der Waals surface area (Å²) in [6, 6.07) is 0.672. The number of hydrogen-bond acceptors (Lipinski definition) is 3. The fourth-order valence-electron chi connectivity index (χ4n) is 2.43. The van der Waals surface area contributed by atoms with Gasteiger partial charge in [-0.1, -0.05) is 26.3 Å². The smallest absolute Gasteiger partial charge is 0.0558 e. The molecule has 0 aromatic carbocycles. The Labute approximate surface area is 99.5 Å². The Bertz CT molecular complexity index is 200. The number of aliphatic hydroxyl groups is 1. The van der Waals surface area contributed by atoms with Gasteiger partial charge in [-0.05, 0) is 25.0 Å². The molecule has 0 aliphatic heterocycles. The highest BCUT2D eigenvalue weighted by Crippen LogP contribution is 2.23. The topological polar surface area (TPSA) is 35.5 Å². The van der Waals surface area contributed by atoms with E-state index in [2.05, 4.69) is 23.7 Å². The van der Waals surface area contributed by atoms with E-state index in [9.17, 15) is 0 Å². The Hall–Kier alpha value is -0.380. The molecular weight excluding hydrogens is 200 g/mol. The molecule has 0 radical (unpaired) electrons.